The molecule has 0 fully saturated rings. The topological polar surface area (TPSA) is 34.2 Å². The SMILES string of the molecule is COc1ccc2[nH]c(/C=C/c3c(Cl)ccc(OC)c3Cl)cc2c1. The largest absolute Gasteiger partial charge is 0.497 e. The quantitative estimate of drug-likeness (QED) is 0.660. The van der Waals surface area contributed by atoms with E-state index in [4.69, 9.17) is 32.7 Å². The Morgan fingerprint density at radius 3 is 2.52 bits per heavy atom. The third-order valence-corrected chi connectivity index (χ3v) is 4.31. The maximum Gasteiger partial charge on any atom is 0.138 e. The highest BCUT2D eigenvalue weighted by Crippen LogP contribution is 2.34. The molecule has 0 aliphatic carbocycles. The molecule has 1 aromatic heterocycles. The zero-order chi connectivity index (χ0) is 16.4. The van der Waals surface area contributed by atoms with Crippen LogP contribution in [0.3, 0.4) is 0 Å². The average molecular weight is 348 g/mol. The molecule has 0 saturated carbocycles. The molecule has 1 N–H and O–H groups in total. The summed E-state index contributed by atoms with van der Waals surface area (Å²) in [6.07, 6.45) is 3.80. The van der Waals surface area contributed by atoms with Gasteiger partial charge in [0.1, 0.15) is 11.5 Å². The van der Waals surface area contributed by atoms with E-state index in [1.54, 1.807) is 26.4 Å². The van der Waals surface area contributed by atoms with Gasteiger partial charge in [0.2, 0.25) is 0 Å². The Morgan fingerprint density at radius 2 is 1.78 bits per heavy atom. The van der Waals surface area contributed by atoms with Gasteiger partial charge >= 0.3 is 0 Å². The van der Waals surface area contributed by atoms with Crippen molar-refractivity contribution in [2.45, 2.75) is 0 Å². The predicted molar refractivity (Wildman–Crippen MR) is 96.8 cm³/mol. The average Bonchev–Trinajstić information content (AvgIpc) is 2.96. The first-order chi connectivity index (χ1) is 11.1. The van der Waals surface area contributed by atoms with E-state index in [0.717, 1.165) is 27.9 Å². The molecule has 3 aromatic rings. The van der Waals surface area contributed by atoms with Crippen molar-refractivity contribution in [1.29, 1.82) is 0 Å². The van der Waals surface area contributed by atoms with Crippen molar-refractivity contribution in [2.24, 2.45) is 0 Å². The molecule has 0 bridgehead atoms. The van der Waals surface area contributed by atoms with E-state index in [1.807, 2.05) is 36.4 Å². The first-order valence-electron chi connectivity index (χ1n) is 6.99. The minimum Gasteiger partial charge on any atom is -0.497 e. The Labute approximate surface area is 144 Å². The van der Waals surface area contributed by atoms with Crippen LogP contribution in [0.15, 0.2) is 36.4 Å². The van der Waals surface area contributed by atoms with E-state index >= 15 is 0 Å². The number of ether oxygens (including phenoxy) is 2. The van der Waals surface area contributed by atoms with Crippen molar-refractivity contribution in [3.63, 3.8) is 0 Å². The standard InChI is InChI=1S/C18H15Cl2NO2/c1-22-13-4-7-16-11(10-13)9-12(21-16)3-5-14-15(19)6-8-17(23-2)18(14)20/h3-10,21H,1-2H3/b5-3+. The summed E-state index contributed by atoms with van der Waals surface area (Å²) in [4.78, 5) is 3.32. The number of fused-ring (bicyclic) bond motifs is 1. The van der Waals surface area contributed by atoms with Crippen LogP contribution in [0.4, 0.5) is 0 Å². The fraction of sp³-hybridized carbons (Fsp3) is 0.111. The van der Waals surface area contributed by atoms with Gasteiger partial charge in [0.25, 0.3) is 0 Å². The van der Waals surface area contributed by atoms with Gasteiger partial charge < -0.3 is 14.5 Å². The molecule has 118 valence electrons. The van der Waals surface area contributed by atoms with Gasteiger partial charge in [0.15, 0.2) is 0 Å². The van der Waals surface area contributed by atoms with Crippen LogP contribution in [0.1, 0.15) is 11.3 Å². The van der Waals surface area contributed by atoms with Gasteiger partial charge in [-0.2, -0.15) is 0 Å². The Hall–Kier alpha value is -2.10. The van der Waals surface area contributed by atoms with Crippen LogP contribution in [0.2, 0.25) is 10.0 Å². The zero-order valence-electron chi connectivity index (χ0n) is 12.7. The lowest BCUT2D eigenvalue weighted by molar-refractivity contribution is 0.415. The maximum absolute atomic E-state index is 6.31. The molecule has 2 aromatic carbocycles. The summed E-state index contributed by atoms with van der Waals surface area (Å²) < 4.78 is 10.5. The van der Waals surface area contributed by atoms with Gasteiger partial charge in [-0.3, -0.25) is 0 Å². The summed E-state index contributed by atoms with van der Waals surface area (Å²) in [5, 5.41) is 2.14. The molecule has 5 heteroatoms. The minimum absolute atomic E-state index is 0.494. The summed E-state index contributed by atoms with van der Waals surface area (Å²) in [5.41, 5.74) is 2.71. The van der Waals surface area contributed by atoms with Gasteiger partial charge in [-0.1, -0.05) is 23.2 Å². The van der Waals surface area contributed by atoms with E-state index in [-0.39, 0.29) is 0 Å². The summed E-state index contributed by atoms with van der Waals surface area (Å²) in [7, 11) is 3.23. The number of methoxy groups -OCH3 is 2. The summed E-state index contributed by atoms with van der Waals surface area (Å²) in [6.45, 7) is 0. The molecule has 0 aliphatic heterocycles. The molecule has 3 nitrogen and oxygen atoms in total. The maximum atomic E-state index is 6.31. The Kier molecular flexibility index (Phi) is 4.51. The number of nitrogens with one attached hydrogen (secondary N) is 1. The third-order valence-electron chi connectivity index (χ3n) is 3.59. The number of hydrogen-bond acceptors (Lipinski definition) is 2. The second-order valence-corrected chi connectivity index (χ2v) is 5.77. The van der Waals surface area contributed by atoms with Crippen LogP contribution in [0.25, 0.3) is 23.1 Å². The van der Waals surface area contributed by atoms with Crippen molar-refractivity contribution in [1.82, 2.24) is 4.98 Å². The van der Waals surface area contributed by atoms with Gasteiger partial charge in [-0.15, -0.1) is 0 Å². The Balaban J connectivity index is 1.97. The molecule has 0 amide bonds. The molecule has 1 heterocycles. The van der Waals surface area contributed by atoms with Gasteiger partial charge in [-0.25, -0.2) is 0 Å². The van der Waals surface area contributed by atoms with E-state index in [0.29, 0.717) is 15.8 Å². The fourth-order valence-electron chi connectivity index (χ4n) is 2.38. The molecule has 23 heavy (non-hydrogen) atoms. The molecule has 0 atom stereocenters. The molecule has 0 radical (unpaired) electrons. The fourth-order valence-corrected chi connectivity index (χ4v) is 2.96. The van der Waals surface area contributed by atoms with Crippen LogP contribution >= 0.6 is 23.2 Å². The van der Waals surface area contributed by atoms with Gasteiger partial charge in [-0.05, 0) is 48.6 Å². The highest BCUT2D eigenvalue weighted by atomic mass is 35.5. The Morgan fingerprint density at radius 1 is 0.957 bits per heavy atom. The van der Waals surface area contributed by atoms with Crippen molar-refractivity contribution in [3.8, 4) is 11.5 Å². The lowest BCUT2D eigenvalue weighted by atomic mass is 10.2. The van der Waals surface area contributed by atoms with Crippen molar-refractivity contribution in [3.05, 3.63) is 57.7 Å². The molecular formula is C18H15Cl2NO2. The first-order valence-corrected chi connectivity index (χ1v) is 7.75. The van der Waals surface area contributed by atoms with Crippen LogP contribution < -0.4 is 9.47 Å². The number of rotatable bonds is 4. The van der Waals surface area contributed by atoms with Gasteiger partial charge in [0, 0.05) is 27.2 Å². The monoisotopic (exact) mass is 347 g/mol. The Bertz CT molecular complexity index is 884. The highest BCUT2D eigenvalue weighted by molar-refractivity contribution is 6.38. The molecule has 0 unspecified atom stereocenters. The molecule has 0 aliphatic rings. The normalized spacial score (nSPS) is 11.3. The zero-order valence-corrected chi connectivity index (χ0v) is 14.2. The smallest absolute Gasteiger partial charge is 0.138 e. The lowest BCUT2D eigenvalue weighted by Gasteiger charge is -2.07. The summed E-state index contributed by atoms with van der Waals surface area (Å²) >= 11 is 12.5. The second-order valence-electron chi connectivity index (χ2n) is 4.99. The predicted octanol–water partition coefficient (Wildman–Crippen LogP) is 5.66. The molecule has 0 spiro atoms. The second kappa shape index (κ2) is 6.57. The number of halogens is 2. The van der Waals surface area contributed by atoms with Crippen LogP contribution in [0.5, 0.6) is 11.5 Å². The minimum atomic E-state index is 0.494. The van der Waals surface area contributed by atoms with Crippen molar-refractivity contribution >= 4 is 46.3 Å². The number of benzene rings is 2. The first kappa shape index (κ1) is 15.8. The van der Waals surface area contributed by atoms with Gasteiger partial charge in [0.05, 0.1) is 19.2 Å². The van der Waals surface area contributed by atoms with Crippen LogP contribution in [-0.2, 0) is 0 Å². The van der Waals surface area contributed by atoms with E-state index in [1.165, 1.54) is 0 Å². The van der Waals surface area contributed by atoms with E-state index in [9.17, 15) is 0 Å². The van der Waals surface area contributed by atoms with Crippen LogP contribution in [0, 0.1) is 0 Å². The van der Waals surface area contributed by atoms with Crippen molar-refractivity contribution in [2.75, 3.05) is 14.2 Å². The van der Waals surface area contributed by atoms with E-state index in [2.05, 4.69) is 4.98 Å². The molecule has 3 rings (SSSR count). The summed E-state index contributed by atoms with van der Waals surface area (Å²) in [5.74, 6) is 1.42. The lowest BCUT2D eigenvalue weighted by Crippen LogP contribution is -1.87. The molecule has 0 saturated heterocycles. The number of aromatic nitrogens is 1. The number of hydrogen-bond donors (Lipinski definition) is 1. The van der Waals surface area contributed by atoms with E-state index < -0.39 is 0 Å². The molecular weight excluding hydrogens is 333 g/mol. The number of H-pyrrole nitrogens is 1. The van der Waals surface area contributed by atoms with Crippen molar-refractivity contribution < 1.29 is 9.47 Å². The summed E-state index contributed by atoms with van der Waals surface area (Å²) in [6, 6.07) is 11.4. The van der Waals surface area contributed by atoms with Crippen LogP contribution in [-0.4, -0.2) is 19.2 Å². The third kappa shape index (κ3) is 3.16. The highest BCUT2D eigenvalue weighted by Gasteiger charge is 2.09. The number of aromatic amines is 1.